The van der Waals surface area contributed by atoms with Crippen LogP contribution < -0.4 is 16.5 Å². The normalized spacial score (nSPS) is 17.4. The second kappa shape index (κ2) is 8.13. The molecule has 0 saturated carbocycles. The quantitative estimate of drug-likeness (QED) is 0.486. The number of rotatable bonds is 4. The lowest BCUT2D eigenvalue weighted by atomic mass is 9.77. The maximum Gasteiger partial charge on any atom is 0.496 e. The van der Waals surface area contributed by atoms with Crippen LogP contribution in [-0.4, -0.2) is 36.3 Å². The van der Waals surface area contributed by atoms with Gasteiger partial charge in [-0.1, -0.05) is 0 Å². The van der Waals surface area contributed by atoms with Gasteiger partial charge in [-0.25, -0.2) is 4.98 Å². The van der Waals surface area contributed by atoms with Gasteiger partial charge in [0.15, 0.2) is 0 Å². The molecule has 0 bridgehead atoms. The summed E-state index contributed by atoms with van der Waals surface area (Å²) in [7, 11) is -0.393. The smallest absolute Gasteiger partial charge is 0.399 e. The molecule has 0 spiro atoms. The van der Waals surface area contributed by atoms with E-state index in [9.17, 15) is 0 Å². The highest BCUT2D eigenvalue weighted by molar-refractivity contribution is 6.62. The van der Waals surface area contributed by atoms with Crippen molar-refractivity contribution in [2.75, 3.05) is 11.9 Å². The van der Waals surface area contributed by atoms with Crippen molar-refractivity contribution >= 4 is 24.8 Å². The predicted octanol–water partition coefficient (Wildman–Crippen LogP) is 1.12. The lowest BCUT2D eigenvalue weighted by Crippen LogP contribution is -2.41. The summed E-state index contributed by atoms with van der Waals surface area (Å²) in [5.74, 6) is 0.767. The van der Waals surface area contributed by atoms with Crippen LogP contribution in [0.25, 0.3) is 0 Å². The summed E-state index contributed by atoms with van der Waals surface area (Å²) in [5.41, 5.74) is 5.46. The Morgan fingerprint density at radius 1 is 1.38 bits per heavy atom. The van der Waals surface area contributed by atoms with E-state index in [1.165, 1.54) is 0 Å². The summed E-state index contributed by atoms with van der Waals surface area (Å²) in [6.07, 6.45) is 2.49. The molecule has 8 heteroatoms. The summed E-state index contributed by atoms with van der Waals surface area (Å²) < 4.78 is 12.1. The molecule has 3 N–H and O–H groups in total. The molecule has 1 aliphatic heterocycles. The highest BCUT2D eigenvalue weighted by atomic mass is 16.7. The number of hydrogen-bond donors (Lipinski definition) is 2. The second-order valence-electron chi connectivity index (χ2n) is 6.49. The molecule has 0 radical (unpaired) electrons. The fraction of sp³-hybridized carbons (Fsp3) is 0.562. The molecule has 7 nitrogen and oxygen atoms in total. The number of nitriles is 1. The first kappa shape index (κ1) is 19.9. The Kier molecular flexibility index (Phi) is 6.75. The molecule has 2 rings (SSSR count). The largest absolute Gasteiger partial charge is 0.496 e. The monoisotopic (exact) mass is 332 g/mol. The third kappa shape index (κ3) is 4.70. The topological polar surface area (TPSA) is 110 Å². The number of nitrogens with zero attached hydrogens (tertiary/aromatic N) is 2. The summed E-state index contributed by atoms with van der Waals surface area (Å²) in [4.78, 5) is 13.0. The number of amides is 1. The Balaban J connectivity index is 0.000000891. The Hall–Kier alpha value is -2.11. The van der Waals surface area contributed by atoms with Crippen LogP contribution in [0.5, 0.6) is 0 Å². The minimum absolute atomic E-state index is 0.250. The van der Waals surface area contributed by atoms with Gasteiger partial charge in [0, 0.05) is 18.2 Å². The number of nitrogens with one attached hydrogen (secondary N) is 1. The molecule has 1 fully saturated rings. The molecule has 0 unspecified atom stereocenters. The number of anilines is 1. The first-order chi connectivity index (χ1) is 11.2. The minimum atomic E-state index is -0.393. The third-order valence-corrected chi connectivity index (χ3v) is 4.20. The van der Waals surface area contributed by atoms with Crippen molar-refractivity contribution < 1.29 is 14.1 Å². The van der Waals surface area contributed by atoms with Gasteiger partial charge >= 0.3 is 7.12 Å². The van der Waals surface area contributed by atoms with Crippen molar-refractivity contribution in [1.29, 1.82) is 5.26 Å². The summed E-state index contributed by atoms with van der Waals surface area (Å²) in [6.45, 7) is 10.7. The van der Waals surface area contributed by atoms with Crippen LogP contribution in [0.4, 0.5) is 5.82 Å². The first-order valence-electron chi connectivity index (χ1n) is 7.77. The molecule has 0 aromatic carbocycles. The summed E-state index contributed by atoms with van der Waals surface area (Å²) in [6, 6.07) is 4.05. The van der Waals surface area contributed by atoms with Crippen LogP contribution in [0.15, 0.2) is 12.3 Å². The van der Waals surface area contributed by atoms with Crippen molar-refractivity contribution in [3.8, 4) is 6.07 Å². The molecular formula is C16H25BN4O3. The van der Waals surface area contributed by atoms with Crippen molar-refractivity contribution in [3.05, 3.63) is 17.8 Å². The van der Waals surface area contributed by atoms with Gasteiger partial charge in [0.05, 0.1) is 23.7 Å². The molecule has 130 valence electrons. The van der Waals surface area contributed by atoms with Crippen molar-refractivity contribution in [2.24, 2.45) is 5.73 Å². The summed E-state index contributed by atoms with van der Waals surface area (Å²) >= 11 is 0. The van der Waals surface area contributed by atoms with Crippen LogP contribution in [0.2, 0.25) is 0 Å². The van der Waals surface area contributed by atoms with E-state index in [-0.39, 0.29) is 17.6 Å². The van der Waals surface area contributed by atoms with E-state index in [0.29, 0.717) is 13.0 Å². The molecule has 2 heterocycles. The van der Waals surface area contributed by atoms with E-state index in [4.69, 9.17) is 19.4 Å². The highest BCUT2D eigenvalue weighted by Crippen LogP contribution is 2.36. The molecule has 1 aliphatic rings. The molecule has 0 aliphatic carbocycles. The van der Waals surface area contributed by atoms with Crippen LogP contribution in [0.3, 0.4) is 0 Å². The molecule has 1 amide bonds. The molecular weight excluding hydrogens is 307 g/mol. The van der Waals surface area contributed by atoms with E-state index >= 15 is 0 Å². The van der Waals surface area contributed by atoms with Crippen LogP contribution >= 0.6 is 0 Å². The first-order valence-corrected chi connectivity index (χ1v) is 7.77. The zero-order chi connectivity index (χ0) is 18.4. The average Bonchev–Trinajstić information content (AvgIpc) is 2.68. The lowest BCUT2D eigenvalue weighted by Gasteiger charge is -2.32. The zero-order valence-electron chi connectivity index (χ0n) is 14.9. The zero-order valence-corrected chi connectivity index (χ0v) is 14.9. The number of carbonyl (C=O) groups excluding carboxylic acids is 1. The molecule has 0 atom stereocenters. The fourth-order valence-electron chi connectivity index (χ4n) is 2.13. The van der Waals surface area contributed by atoms with Crippen LogP contribution in [0.1, 0.15) is 39.7 Å². The van der Waals surface area contributed by atoms with Crippen molar-refractivity contribution in [2.45, 2.75) is 52.2 Å². The average molecular weight is 332 g/mol. The third-order valence-electron chi connectivity index (χ3n) is 4.20. The van der Waals surface area contributed by atoms with E-state index in [2.05, 4.69) is 22.1 Å². The van der Waals surface area contributed by atoms with Gasteiger partial charge in [0.1, 0.15) is 5.82 Å². The van der Waals surface area contributed by atoms with Gasteiger partial charge in [0.25, 0.3) is 0 Å². The van der Waals surface area contributed by atoms with Gasteiger partial charge in [-0.2, -0.15) is 5.26 Å². The highest BCUT2D eigenvalue weighted by Gasteiger charge is 2.52. The van der Waals surface area contributed by atoms with E-state index in [1.807, 2.05) is 40.7 Å². The predicted molar refractivity (Wildman–Crippen MR) is 93.7 cm³/mol. The van der Waals surface area contributed by atoms with Gasteiger partial charge in [-0.05, 0) is 46.2 Å². The number of primary amides is 1. The fourth-order valence-corrected chi connectivity index (χ4v) is 2.13. The van der Waals surface area contributed by atoms with Gasteiger partial charge in [0.2, 0.25) is 6.41 Å². The Morgan fingerprint density at radius 3 is 2.38 bits per heavy atom. The van der Waals surface area contributed by atoms with Crippen molar-refractivity contribution in [3.63, 3.8) is 0 Å². The minimum Gasteiger partial charge on any atom is -0.399 e. The summed E-state index contributed by atoms with van der Waals surface area (Å²) in [5, 5.41) is 11.7. The second-order valence-corrected chi connectivity index (χ2v) is 6.49. The molecule has 1 aromatic heterocycles. The van der Waals surface area contributed by atoms with Gasteiger partial charge in [-0.3, -0.25) is 4.79 Å². The number of nitrogens with two attached hydrogens (primary N) is 1. The maximum absolute atomic E-state index is 8.58. The van der Waals surface area contributed by atoms with Crippen LogP contribution in [0, 0.1) is 18.3 Å². The lowest BCUT2D eigenvalue weighted by molar-refractivity contribution is -0.106. The number of carbonyl (C=O) groups is 1. The number of hydrogen-bond acceptors (Lipinski definition) is 6. The number of pyridine rings is 1. The van der Waals surface area contributed by atoms with E-state index in [1.54, 1.807) is 6.20 Å². The van der Waals surface area contributed by atoms with E-state index < -0.39 is 7.12 Å². The SMILES string of the molecule is Cc1cc(NCCC#N)ncc1B1OC(C)(C)C(C)(C)O1.NC=O. The molecule has 1 aromatic rings. The molecule has 24 heavy (non-hydrogen) atoms. The maximum atomic E-state index is 8.58. The van der Waals surface area contributed by atoms with Crippen LogP contribution in [-0.2, 0) is 14.1 Å². The van der Waals surface area contributed by atoms with E-state index in [0.717, 1.165) is 16.8 Å². The number of aryl methyl sites for hydroxylation is 1. The van der Waals surface area contributed by atoms with Gasteiger partial charge in [-0.15, -0.1) is 0 Å². The Bertz CT molecular complexity index is 598. The molecule has 1 saturated heterocycles. The Labute approximate surface area is 143 Å². The Morgan fingerprint density at radius 2 is 1.92 bits per heavy atom. The number of aromatic nitrogens is 1. The van der Waals surface area contributed by atoms with Gasteiger partial charge < -0.3 is 20.4 Å². The van der Waals surface area contributed by atoms with Crippen molar-refractivity contribution in [1.82, 2.24) is 4.98 Å². The standard InChI is InChI=1S/C15H22BN3O2.CH3NO/c1-11-9-13(18-8-6-7-17)19-10-12(11)16-20-14(2,3)15(4,5)21-16;2-1-3/h9-10H,6,8H2,1-5H3,(H,18,19);1H,(H2,2,3).